The number of hydrogen-bond acceptors (Lipinski definition) is 3. The van der Waals surface area contributed by atoms with E-state index in [2.05, 4.69) is 35.7 Å². The minimum atomic E-state index is -3.45. The van der Waals surface area contributed by atoms with E-state index in [9.17, 15) is 8.42 Å². The third-order valence-corrected chi connectivity index (χ3v) is 4.67. The molecule has 0 radical (unpaired) electrons. The summed E-state index contributed by atoms with van der Waals surface area (Å²) in [5.41, 5.74) is 0.634. The molecule has 0 amide bonds. The van der Waals surface area contributed by atoms with Crippen molar-refractivity contribution >= 4 is 10.0 Å². The van der Waals surface area contributed by atoms with Gasteiger partial charge in [-0.15, -0.1) is 0 Å². The van der Waals surface area contributed by atoms with Gasteiger partial charge in [0, 0.05) is 6.54 Å². The Balaban J connectivity index is 2.74. The molecule has 0 spiro atoms. The summed E-state index contributed by atoms with van der Waals surface area (Å²) in [5, 5.41) is 6.34. The lowest BCUT2D eigenvalue weighted by Crippen LogP contribution is -2.33. The molecule has 0 aliphatic heterocycles. The molecule has 0 aromatic carbocycles. The Hall–Kier alpha value is -0.880. The van der Waals surface area contributed by atoms with Crippen LogP contribution in [-0.4, -0.2) is 25.2 Å². The predicted octanol–water partition coefficient (Wildman–Crippen LogP) is 1.68. The summed E-state index contributed by atoms with van der Waals surface area (Å²) in [6.07, 6.45) is 1.33. The number of hydrogen-bond donors (Lipinski definition) is 2. The van der Waals surface area contributed by atoms with Crippen molar-refractivity contribution in [2.75, 3.05) is 6.54 Å². The number of aryl methyl sites for hydroxylation is 1. The molecule has 0 bridgehead atoms. The highest BCUT2D eigenvalue weighted by molar-refractivity contribution is 7.89. The fourth-order valence-electron chi connectivity index (χ4n) is 1.23. The Labute approximate surface area is 103 Å². The van der Waals surface area contributed by atoms with Crippen LogP contribution in [0.1, 0.15) is 33.4 Å². The van der Waals surface area contributed by atoms with Crippen LogP contribution in [-0.2, 0) is 10.0 Å². The number of sulfonamides is 1. The van der Waals surface area contributed by atoms with Gasteiger partial charge in [-0.25, -0.2) is 13.1 Å². The zero-order chi connectivity index (χ0) is 13.3. The van der Waals surface area contributed by atoms with Gasteiger partial charge in [-0.2, -0.15) is 5.10 Å². The fraction of sp³-hybridized carbons (Fsp3) is 0.727. The monoisotopic (exact) mass is 259 g/mol. The zero-order valence-electron chi connectivity index (χ0n) is 11.0. The molecular formula is C11H21N3O2S. The first-order chi connectivity index (χ1) is 7.64. The molecule has 0 aliphatic carbocycles. The number of nitrogens with one attached hydrogen (secondary N) is 2. The van der Waals surface area contributed by atoms with Crippen molar-refractivity contribution in [3.63, 3.8) is 0 Å². The van der Waals surface area contributed by atoms with Crippen LogP contribution in [0.5, 0.6) is 0 Å². The second-order valence-corrected chi connectivity index (χ2v) is 7.21. The van der Waals surface area contributed by atoms with Crippen LogP contribution in [0.15, 0.2) is 11.1 Å². The normalized spacial score (nSPS) is 14.9. The van der Waals surface area contributed by atoms with E-state index in [1.807, 2.05) is 6.92 Å². The van der Waals surface area contributed by atoms with Crippen LogP contribution in [0.25, 0.3) is 0 Å². The Bertz CT molecular complexity index is 471. The molecule has 1 unspecified atom stereocenters. The Kier molecular flexibility index (Phi) is 3.99. The van der Waals surface area contributed by atoms with Crippen LogP contribution < -0.4 is 4.72 Å². The second-order valence-electron chi connectivity index (χ2n) is 5.48. The molecule has 1 rings (SSSR count). The Morgan fingerprint density at radius 2 is 2.06 bits per heavy atom. The number of H-pyrrole nitrogens is 1. The van der Waals surface area contributed by atoms with Gasteiger partial charge in [0.2, 0.25) is 10.0 Å². The van der Waals surface area contributed by atoms with E-state index in [0.29, 0.717) is 12.2 Å². The molecule has 1 heterocycles. The molecule has 0 aliphatic rings. The van der Waals surface area contributed by atoms with Crippen LogP contribution in [0, 0.1) is 18.3 Å². The summed E-state index contributed by atoms with van der Waals surface area (Å²) in [6.45, 7) is 10.4. The average molecular weight is 259 g/mol. The highest BCUT2D eigenvalue weighted by Crippen LogP contribution is 2.25. The predicted molar refractivity (Wildman–Crippen MR) is 67.1 cm³/mol. The lowest BCUT2D eigenvalue weighted by molar-refractivity contribution is 0.263. The van der Waals surface area contributed by atoms with E-state index in [1.165, 1.54) is 6.20 Å². The van der Waals surface area contributed by atoms with E-state index in [0.717, 1.165) is 0 Å². The van der Waals surface area contributed by atoms with Gasteiger partial charge in [0.25, 0.3) is 0 Å². The van der Waals surface area contributed by atoms with E-state index in [4.69, 9.17) is 0 Å². The average Bonchev–Trinajstić information content (AvgIpc) is 2.60. The highest BCUT2D eigenvalue weighted by atomic mass is 32.2. The van der Waals surface area contributed by atoms with Gasteiger partial charge in [0.05, 0.1) is 11.9 Å². The van der Waals surface area contributed by atoms with Gasteiger partial charge >= 0.3 is 0 Å². The van der Waals surface area contributed by atoms with Gasteiger partial charge in [0.15, 0.2) is 0 Å². The molecule has 1 aromatic heterocycles. The van der Waals surface area contributed by atoms with Crippen LogP contribution in [0.2, 0.25) is 0 Å². The molecule has 17 heavy (non-hydrogen) atoms. The lowest BCUT2D eigenvalue weighted by atomic mass is 9.82. The quantitative estimate of drug-likeness (QED) is 0.864. The smallest absolute Gasteiger partial charge is 0.243 e. The number of rotatable bonds is 4. The Morgan fingerprint density at radius 3 is 2.47 bits per heavy atom. The van der Waals surface area contributed by atoms with Crippen molar-refractivity contribution in [3.05, 3.63) is 11.9 Å². The van der Waals surface area contributed by atoms with Crippen LogP contribution >= 0.6 is 0 Å². The molecule has 1 atom stereocenters. The van der Waals surface area contributed by atoms with Gasteiger partial charge in [0.1, 0.15) is 4.90 Å². The Morgan fingerprint density at radius 1 is 1.47 bits per heavy atom. The summed E-state index contributed by atoms with van der Waals surface area (Å²) in [6, 6.07) is 0. The summed E-state index contributed by atoms with van der Waals surface area (Å²) in [4.78, 5) is 0.221. The lowest BCUT2D eigenvalue weighted by Gasteiger charge is -2.27. The van der Waals surface area contributed by atoms with Crippen molar-refractivity contribution in [1.29, 1.82) is 0 Å². The maximum atomic E-state index is 12.0. The number of aromatic nitrogens is 2. The van der Waals surface area contributed by atoms with Gasteiger partial charge < -0.3 is 0 Å². The van der Waals surface area contributed by atoms with Crippen LogP contribution in [0.3, 0.4) is 0 Å². The van der Waals surface area contributed by atoms with E-state index in [1.54, 1.807) is 6.92 Å². The standard InChI is InChI=1S/C11H21N3O2S/c1-8(11(3,4)5)6-13-17(15,16)10-7-12-14-9(10)2/h7-8,13H,6H2,1-5H3,(H,12,14). The first-order valence-corrected chi connectivity index (χ1v) is 7.12. The highest BCUT2D eigenvalue weighted by Gasteiger charge is 2.24. The van der Waals surface area contributed by atoms with E-state index < -0.39 is 10.0 Å². The molecule has 0 saturated carbocycles. The maximum absolute atomic E-state index is 12.0. The van der Waals surface area contributed by atoms with E-state index >= 15 is 0 Å². The molecule has 0 fully saturated rings. The van der Waals surface area contributed by atoms with Gasteiger partial charge in [-0.1, -0.05) is 27.7 Å². The van der Waals surface area contributed by atoms with Crippen molar-refractivity contribution in [3.8, 4) is 0 Å². The SMILES string of the molecule is Cc1[nH]ncc1S(=O)(=O)NCC(C)C(C)(C)C. The molecule has 5 nitrogen and oxygen atoms in total. The summed E-state index contributed by atoms with van der Waals surface area (Å²) in [7, 11) is -3.45. The molecule has 6 heteroatoms. The molecule has 98 valence electrons. The fourth-order valence-corrected chi connectivity index (χ4v) is 2.49. The molecule has 0 saturated heterocycles. The van der Waals surface area contributed by atoms with Crippen molar-refractivity contribution < 1.29 is 8.42 Å². The number of nitrogens with zero attached hydrogens (tertiary/aromatic N) is 1. The summed E-state index contributed by atoms with van der Waals surface area (Å²) >= 11 is 0. The molecular weight excluding hydrogens is 238 g/mol. The zero-order valence-corrected chi connectivity index (χ0v) is 11.9. The van der Waals surface area contributed by atoms with Crippen LogP contribution in [0.4, 0.5) is 0 Å². The molecule has 1 aromatic rings. The second kappa shape index (κ2) is 4.78. The third-order valence-electron chi connectivity index (χ3n) is 3.13. The van der Waals surface area contributed by atoms with Gasteiger partial charge in [-0.3, -0.25) is 5.10 Å². The summed E-state index contributed by atoms with van der Waals surface area (Å²) < 4.78 is 26.6. The minimum Gasteiger partial charge on any atom is -0.281 e. The largest absolute Gasteiger partial charge is 0.281 e. The maximum Gasteiger partial charge on any atom is 0.243 e. The van der Waals surface area contributed by atoms with Crippen molar-refractivity contribution in [1.82, 2.24) is 14.9 Å². The summed E-state index contributed by atoms with van der Waals surface area (Å²) in [5.74, 6) is 0.254. The first kappa shape index (κ1) is 14.2. The topological polar surface area (TPSA) is 74.8 Å². The van der Waals surface area contributed by atoms with E-state index in [-0.39, 0.29) is 16.2 Å². The third kappa shape index (κ3) is 3.54. The van der Waals surface area contributed by atoms with Crippen molar-refractivity contribution in [2.45, 2.75) is 39.5 Å². The van der Waals surface area contributed by atoms with Crippen molar-refractivity contribution in [2.24, 2.45) is 11.3 Å². The molecule has 2 N–H and O–H groups in total. The minimum absolute atomic E-state index is 0.0773. The van der Waals surface area contributed by atoms with Gasteiger partial charge in [-0.05, 0) is 18.3 Å². The first-order valence-electron chi connectivity index (χ1n) is 5.64. The number of aromatic amines is 1.